The van der Waals surface area contributed by atoms with Gasteiger partial charge in [-0.3, -0.25) is 4.90 Å². The lowest BCUT2D eigenvalue weighted by Crippen LogP contribution is -2.45. The number of methoxy groups -OCH3 is 1. The molecular weight excluding hydrogens is 386 g/mol. The Bertz CT molecular complexity index is 796. The van der Waals surface area contributed by atoms with Crippen LogP contribution in [0.25, 0.3) is 0 Å². The minimum atomic E-state index is 0.629. The summed E-state index contributed by atoms with van der Waals surface area (Å²) in [4.78, 5) is 9.77. The highest BCUT2D eigenvalue weighted by Gasteiger charge is 2.15. The maximum Gasteiger partial charge on any atom is 0.191 e. The van der Waals surface area contributed by atoms with Crippen molar-refractivity contribution in [3.8, 4) is 5.75 Å². The van der Waals surface area contributed by atoms with Crippen molar-refractivity contribution in [2.75, 3.05) is 46.4 Å². The Labute approximate surface area is 187 Å². The first-order valence-electron chi connectivity index (χ1n) is 11.4. The molecule has 2 N–H and O–H groups in total. The number of nitrogens with one attached hydrogen (secondary N) is 2. The molecule has 0 saturated carbocycles. The number of benzene rings is 2. The van der Waals surface area contributed by atoms with Gasteiger partial charge in [0, 0.05) is 45.8 Å². The molecule has 1 aliphatic rings. The van der Waals surface area contributed by atoms with Gasteiger partial charge in [-0.15, -0.1) is 0 Å². The van der Waals surface area contributed by atoms with E-state index in [-0.39, 0.29) is 0 Å². The number of ether oxygens (including phenoxy) is 1. The lowest BCUT2D eigenvalue weighted by molar-refractivity contribution is 0.132. The second kappa shape index (κ2) is 12.3. The molecule has 0 amide bonds. The van der Waals surface area contributed by atoms with E-state index < -0.39 is 0 Å². The molecule has 3 rings (SSSR count). The normalized spacial score (nSPS) is 15.6. The van der Waals surface area contributed by atoms with E-state index in [2.05, 4.69) is 58.5 Å². The largest absolute Gasteiger partial charge is 0.497 e. The Morgan fingerprint density at radius 3 is 2.06 bits per heavy atom. The first kappa shape index (κ1) is 23.1. The quantitative estimate of drug-likeness (QED) is 0.480. The molecule has 2 aromatic carbocycles. The topological polar surface area (TPSA) is 52.1 Å². The first-order chi connectivity index (χ1) is 15.2. The van der Waals surface area contributed by atoms with Crippen molar-refractivity contribution in [1.82, 2.24) is 20.4 Å². The minimum absolute atomic E-state index is 0.629. The van der Waals surface area contributed by atoms with E-state index in [0.717, 1.165) is 56.5 Å². The third kappa shape index (κ3) is 7.56. The molecule has 6 nitrogen and oxygen atoms in total. The Hall–Kier alpha value is -2.57. The van der Waals surface area contributed by atoms with Crippen LogP contribution in [-0.2, 0) is 19.6 Å². The fraction of sp³-hybridized carbons (Fsp3) is 0.480. The lowest BCUT2D eigenvalue weighted by Gasteiger charge is -2.34. The molecule has 0 radical (unpaired) electrons. The van der Waals surface area contributed by atoms with Gasteiger partial charge in [-0.2, -0.15) is 0 Å². The van der Waals surface area contributed by atoms with Crippen LogP contribution in [0, 0.1) is 0 Å². The van der Waals surface area contributed by atoms with Crippen LogP contribution in [0.3, 0.4) is 0 Å². The molecule has 0 unspecified atom stereocenters. The third-order valence-electron chi connectivity index (χ3n) is 5.72. The monoisotopic (exact) mass is 423 g/mol. The molecule has 31 heavy (non-hydrogen) atoms. The summed E-state index contributed by atoms with van der Waals surface area (Å²) in [5.41, 5.74) is 3.80. The molecule has 0 atom stereocenters. The van der Waals surface area contributed by atoms with Crippen LogP contribution in [-0.4, -0.2) is 62.1 Å². The molecule has 0 spiro atoms. The smallest absolute Gasteiger partial charge is 0.191 e. The number of guanidine groups is 1. The SMILES string of the molecule is CCNC(=NCc1ccc(OC)cc1)NCc1ccc(CN2CCN(CC)CC2)cc1. The van der Waals surface area contributed by atoms with Crippen molar-refractivity contribution >= 4 is 5.96 Å². The van der Waals surface area contributed by atoms with Crippen LogP contribution in [0.2, 0.25) is 0 Å². The van der Waals surface area contributed by atoms with Crippen molar-refractivity contribution in [1.29, 1.82) is 0 Å². The van der Waals surface area contributed by atoms with E-state index in [0.29, 0.717) is 6.54 Å². The van der Waals surface area contributed by atoms with E-state index in [1.54, 1.807) is 7.11 Å². The number of hydrogen-bond donors (Lipinski definition) is 2. The van der Waals surface area contributed by atoms with E-state index in [4.69, 9.17) is 9.73 Å². The zero-order valence-corrected chi connectivity index (χ0v) is 19.2. The van der Waals surface area contributed by atoms with Gasteiger partial charge >= 0.3 is 0 Å². The van der Waals surface area contributed by atoms with Crippen LogP contribution in [0.5, 0.6) is 5.75 Å². The van der Waals surface area contributed by atoms with Crippen LogP contribution >= 0.6 is 0 Å². The van der Waals surface area contributed by atoms with Crippen LogP contribution in [0.1, 0.15) is 30.5 Å². The molecule has 1 heterocycles. The van der Waals surface area contributed by atoms with Gasteiger partial charge in [-0.05, 0) is 42.3 Å². The van der Waals surface area contributed by atoms with Gasteiger partial charge in [0.2, 0.25) is 0 Å². The summed E-state index contributed by atoms with van der Waals surface area (Å²) in [6.07, 6.45) is 0. The van der Waals surface area contributed by atoms with Crippen molar-refractivity contribution < 1.29 is 4.74 Å². The second-order valence-electron chi connectivity index (χ2n) is 7.92. The molecular formula is C25H37N5O. The molecule has 0 bridgehead atoms. The first-order valence-corrected chi connectivity index (χ1v) is 11.4. The summed E-state index contributed by atoms with van der Waals surface area (Å²) >= 11 is 0. The van der Waals surface area contributed by atoms with Gasteiger partial charge in [0.25, 0.3) is 0 Å². The van der Waals surface area contributed by atoms with Crippen LogP contribution in [0.15, 0.2) is 53.5 Å². The van der Waals surface area contributed by atoms with Crippen LogP contribution in [0.4, 0.5) is 0 Å². The molecule has 168 valence electrons. The molecule has 0 aliphatic carbocycles. The van der Waals surface area contributed by atoms with Crippen molar-refractivity contribution in [2.45, 2.75) is 33.5 Å². The molecule has 2 aromatic rings. The van der Waals surface area contributed by atoms with Crippen molar-refractivity contribution in [3.05, 3.63) is 65.2 Å². The summed E-state index contributed by atoms with van der Waals surface area (Å²) in [7, 11) is 1.68. The number of likely N-dealkylation sites (N-methyl/N-ethyl adjacent to an activating group) is 1. The van der Waals surface area contributed by atoms with Gasteiger partial charge in [0.05, 0.1) is 13.7 Å². The average Bonchev–Trinajstić information content (AvgIpc) is 2.82. The summed E-state index contributed by atoms with van der Waals surface area (Å²) in [6.45, 7) is 13.4. The zero-order valence-electron chi connectivity index (χ0n) is 19.2. The zero-order chi connectivity index (χ0) is 21.9. The molecule has 6 heteroatoms. The predicted molar refractivity (Wildman–Crippen MR) is 128 cm³/mol. The summed E-state index contributed by atoms with van der Waals surface area (Å²) in [6, 6.07) is 17.0. The highest BCUT2D eigenvalue weighted by Crippen LogP contribution is 2.12. The molecule has 1 aliphatic heterocycles. The number of aliphatic imine (C=N–C) groups is 1. The van der Waals surface area contributed by atoms with E-state index in [1.807, 2.05) is 24.3 Å². The summed E-state index contributed by atoms with van der Waals surface area (Å²) in [5, 5.41) is 6.76. The van der Waals surface area contributed by atoms with Gasteiger partial charge < -0.3 is 20.3 Å². The number of rotatable bonds is 9. The van der Waals surface area contributed by atoms with Crippen LogP contribution < -0.4 is 15.4 Å². The summed E-state index contributed by atoms with van der Waals surface area (Å²) in [5.74, 6) is 1.70. The Kier molecular flexibility index (Phi) is 9.18. The maximum absolute atomic E-state index is 5.22. The number of nitrogens with zero attached hydrogens (tertiary/aromatic N) is 3. The maximum atomic E-state index is 5.22. The standard InChI is InChI=1S/C25H37N5O/c1-4-26-25(28-19-22-10-12-24(31-3)13-11-22)27-18-21-6-8-23(9-7-21)20-30-16-14-29(5-2)15-17-30/h6-13H,4-5,14-20H2,1-3H3,(H2,26,27,28). The van der Waals surface area contributed by atoms with Crippen molar-refractivity contribution in [2.24, 2.45) is 4.99 Å². The van der Waals surface area contributed by atoms with Crippen molar-refractivity contribution in [3.63, 3.8) is 0 Å². The Morgan fingerprint density at radius 1 is 0.839 bits per heavy atom. The molecule has 0 aromatic heterocycles. The third-order valence-corrected chi connectivity index (χ3v) is 5.72. The fourth-order valence-corrected chi connectivity index (χ4v) is 3.71. The van der Waals surface area contributed by atoms with Gasteiger partial charge in [0.1, 0.15) is 5.75 Å². The Balaban J connectivity index is 1.48. The van der Waals surface area contributed by atoms with Gasteiger partial charge in [-0.25, -0.2) is 4.99 Å². The Morgan fingerprint density at radius 2 is 1.45 bits per heavy atom. The predicted octanol–water partition coefficient (Wildman–Crippen LogP) is 3.09. The molecule has 1 fully saturated rings. The minimum Gasteiger partial charge on any atom is -0.497 e. The average molecular weight is 424 g/mol. The highest BCUT2D eigenvalue weighted by atomic mass is 16.5. The molecule has 1 saturated heterocycles. The van der Waals surface area contributed by atoms with Gasteiger partial charge in [0.15, 0.2) is 5.96 Å². The number of hydrogen-bond acceptors (Lipinski definition) is 4. The van der Waals surface area contributed by atoms with E-state index >= 15 is 0 Å². The van der Waals surface area contributed by atoms with E-state index in [9.17, 15) is 0 Å². The highest BCUT2D eigenvalue weighted by molar-refractivity contribution is 5.79. The van der Waals surface area contributed by atoms with E-state index in [1.165, 1.54) is 24.2 Å². The fourth-order valence-electron chi connectivity index (χ4n) is 3.71. The number of piperazine rings is 1. The second-order valence-corrected chi connectivity index (χ2v) is 7.92. The lowest BCUT2D eigenvalue weighted by atomic mass is 10.1. The van der Waals surface area contributed by atoms with Gasteiger partial charge in [-0.1, -0.05) is 43.3 Å². The summed E-state index contributed by atoms with van der Waals surface area (Å²) < 4.78 is 5.22.